The molecule has 4 rings (SSSR count). The van der Waals surface area contributed by atoms with E-state index >= 15 is 0 Å². The third kappa shape index (κ3) is 4.26. The van der Waals surface area contributed by atoms with E-state index in [1.165, 1.54) is 12.3 Å². The van der Waals surface area contributed by atoms with Gasteiger partial charge < -0.3 is 15.2 Å². The van der Waals surface area contributed by atoms with E-state index in [1.54, 1.807) is 12.1 Å². The highest BCUT2D eigenvalue weighted by atomic mass is 35.5. The van der Waals surface area contributed by atoms with E-state index in [1.807, 2.05) is 0 Å². The number of aromatic nitrogens is 2. The maximum atomic E-state index is 14.6. The molecular formula is C21H18ClF2N3O3. The third-order valence-electron chi connectivity index (χ3n) is 5.00. The molecular weight excluding hydrogens is 416 g/mol. The number of ether oxygens (including phenoxy) is 1. The molecule has 156 valence electrons. The minimum absolute atomic E-state index is 0.00704. The van der Waals surface area contributed by atoms with Crippen molar-refractivity contribution in [1.29, 1.82) is 0 Å². The first-order valence-corrected chi connectivity index (χ1v) is 9.75. The smallest absolute Gasteiger partial charge is 0.270 e. The topological polar surface area (TPSA) is 84.3 Å². The molecule has 2 N–H and O–H groups in total. The van der Waals surface area contributed by atoms with E-state index in [4.69, 9.17) is 16.3 Å². The largest absolute Gasteiger partial charge is 0.389 e. The lowest BCUT2D eigenvalue weighted by atomic mass is 10.00. The second-order valence-electron chi connectivity index (χ2n) is 7.10. The van der Waals surface area contributed by atoms with Crippen molar-refractivity contribution in [2.45, 2.75) is 25.0 Å². The van der Waals surface area contributed by atoms with Crippen molar-refractivity contribution in [3.63, 3.8) is 0 Å². The first-order valence-electron chi connectivity index (χ1n) is 9.37. The molecule has 2 aromatic heterocycles. The van der Waals surface area contributed by atoms with Gasteiger partial charge in [-0.05, 0) is 48.2 Å². The standard InChI is InChI=1S/C21H18ClF2N3O3/c22-18-4-1-11(9-25-18)7-12-8-16(21(29)27-15-5-6-30-10-17(15)28)26-20-14(24)3-2-13(23)19(12)20/h1-4,8-9,15,17,28H,5-7,10H2,(H,27,29). The lowest BCUT2D eigenvalue weighted by molar-refractivity contribution is -0.0261. The molecule has 1 fully saturated rings. The summed E-state index contributed by atoms with van der Waals surface area (Å²) in [5, 5.41) is 13.0. The van der Waals surface area contributed by atoms with Crippen molar-refractivity contribution in [1.82, 2.24) is 15.3 Å². The summed E-state index contributed by atoms with van der Waals surface area (Å²) in [6.07, 6.45) is 1.32. The van der Waals surface area contributed by atoms with Crippen LogP contribution in [0.15, 0.2) is 36.5 Å². The normalized spacial score (nSPS) is 19.1. The van der Waals surface area contributed by atoms with E-state index in [-0.39, 0.29) is 29.6 Å². The van der Waals surface area contributed by atoms with Crippen molar-refractivity contribution in [3.05, 3.63) is 70.1 Å². The summed E-state index contributed by atoms with van der Waals surface area (Å²) in [7, 11) is 0. The summed E-state index contributed by atoms with van der Waals surface area (Å²) in [6.45, 7) is 0.520. The van der Waals surface area contributed by atoms with Crippen molar-refractivity contribution >= 4 is 28.4 Å². The van der Waals surface area contributed by atoms with E-state index < -0.39 is 29.7 Å². The van der Waals surface area contributed by atoms with Crippen LogP contribution in [0.25, 0.3) is 10.9 Å². The van der Waals surface area contributed by atoms with E-state index in [2.05, 4.69) is 15.3 Å². The molecule has 3 heterocycles. The number of amides is 1. The lowest BCUT2D eigenvalue weighted by Crippen LogP contribution is -2.48. The Hall–Kier alpha value is -2.68. The third-order valence-corrected chi connectivity index (χ3v) is 5.22. The monoisotopic (exact) mass is 433 g/mol. The van der Waals surface area contributed by atoms with Crippen molar-refractivity contribution in [2.75, 3.05) is 13.2 Å². The van der Waals surface area contributed by atoms with Gasteiger partial charge in [0.2, 0.25) is 0 Å². The van der Waals surface area contributed by atoms with Crippen molar-refractivity contribution in [3.8, 4) is 0 Å². The second kappa shape index (κ2) is 8.59. The average molecular weight is 434 g/mol. The number of nitrogens with one attached hydrogen (secondary N) is 1. The fourth-order valence-electron chi connectivity index (χ4n) is 3.47. The molecule has 0 aliphatic carbocycles. The number of fused-ring (bicyclic) bond motifs is 1. The van der Waals surface area contributed by atoms with Gasteiger partial charge in [-0.15, -0.1) is 0 Å². The number of nitrogens with zero attached hydrogens (tertiary/aromatic N) is 2. The number of carbonyl (C=O) groups is 1. The van der Waals surface area contributed by atoms with Gasteiger partial charge in [-0.25, -0.2) is 18.7 Å². The zero-order chi connectivity index (χ0) is 21.3. The number of hydrogen-bond donors (Lipinski definition) is 2. The number of benzene rings is 1. The Balaban J connectivity index is 1.74. The van der Waals surface area contributed by atoms with Crippen LogP contribution in [0, 0.1) is 11.6 Å². The zero-order valence-corrected chi connectivity index (χ0v) is 16.5. The molecule has 0 bridgehead atoms. The Morgan fingerprint density at radius 3 is 2.80 bits per heavy atom. The van der Waals surface area contributed by atoms with Gasteiger partial charge in [-0.2, -0.15) is 0 Å². The van der Waals surface area contributed by atoms with Crippen LogP contribution in [-0.4, -0.2) is 46.3 Å². The van der Waals surface area contributed by atoms with Gasteiger partial charge in [0.05, 0.1) is 18.8 Å². The number of aliphatic hydroxyl groups is 1. The Kier molecular flexibility index (Phi) is 5.90. The summed E-state index contributed by atoms with van der Waals surface area (Å²) in [5.74, 6) is -1.95. The number of carbonyl (C=O) groups excluding carboxylic acids is 1. The molecule has 2 atom stereocenters. The van der Waals surface area contributed by atoms with Gasteiger partial charge in [-0.3, -0.25) is 4.79 Å². The van der Waals surface area contributed by atoms with Crippen molar-refractivity contribution < 1.29 is 23.4 Å². The molecule has 9 heteroatoms. The molecule has 6 nitrogen and oxygen atoms in total. The molecule has 1 aromatic carbocycles. The second-order valence-corrected chi connectivity index (χ2v) is 7.48. The summed E-state index contributed by atoms with van der Waals surface area (Å²) in [4.78, 5) is 20.8. The molecule has 1 aliphatic heterocycles. The summed E-state index contributed by atoms with van der Waals surface area (Å²) in [5.41, 5.74) is 0.801. The Morgan fingerprint density at radius 2 is 2.07 bits per heavy atom. The lowest BCUT2D eigenvalue weighted by Gasteiger charge is -2.28. The predicted molar refractivity (Wildman–Crippen MR) is 106 cm³/mol. The van der Waals surface area contributed by atoms with Crippen LogP contribution in [0.2, 0.25) is 5.15 Å². The van der Waals surface area contributed by atoms with Crippen LogP contribution >= 0.6 is 11.6 Å². The number of halogens is 3. The fraction of sp³-hybridized carbons (Fsp3) is 0.286. The van der Waals surface area contributed by atoms with Gasteiger partial charge in [0.25, 0.3) is 5.91 Å². The van der Waals surface area contributed by atoms with Crippen LogP contribution < -0.4 is 5.32 Å². The van der Waals surface area contributed by atoms with Crippen LogP contribution in [-0.2, 0) is 11.2 Å². The first-order chi connectivity index (χ1) is 14.4. The highest BCUT2D eigenvalue weighted by Gasteiger charge is 2.26. The van der Waals surface area contributed by atoms with E-state index in [9.17, 15) is 18.7 Å². The minimum atomic E-state index is -0.850. The SMILES string of the molecule is O=C(NC1CCOCC1O)c1cc(Cc2ccc(Cl)nc2)c2c(F)ccc(F)c2n1. The summed E-state index contributed by atoms with van der Waals surface area (Å²) >= 11 is 5.81. The van der Waals surface area contributed by atoms with Gasteiger partial charge >= 0.3 is 0 Å². The number of pyridine rings is 2. The highest BCUT2D eigenvalue weighted by Crippen LogP contribution is 2.26. The highest BCUT2D eigenvalue weighted by molar-refractivity contribution is 6.29. The molecule has 1 saturated heterocycles. The molecule has 0 saturated carbocycles. The Morgan fingerprint density at radius 1 is 1.27 bits per heavy atom. The van der Waals surface area contributed by atoms with Gasteiger partial charge in [0.15, 0.2) is 0 Å². The van der Waals surface area contributed by atoms with Gasteiger partial charge in [0.1, 0.15) is 28.0 Å². The summed E-state index contributed by atoms with van der Waals surface area (Å²) in [6, 6.07) is 6.24. The van der Waals surface area contributed by atoms with Crippen LogP contribution in [0.1, 0.15) is 28.0 Å². The van der Waals surface area contributed by atoms with E-state index in [0.717, 1.165) is 12.1 Å². The van der Waals surface area contributed by atoms with Crippen molar-refractivity contribution in [2.24, 2.45) is 0 Å². The van der Waals surface area contributed by atoms with Crippen LogP contribution in [0.4, 0.5) is 8.78 Å². The Labute approximate surface area is 175 Å². The maximum absolute atomic E-state index is 14.6. The fourth-order valence-corrected chi connectivity index (χ4v) is 3.58. The van der Waals surface area contributed by atoms with Gasteiger partial charge in [-0.1, -0.05) is 17.7 Å². The zero-order valence-electron chi connectivity index (χ0n) is 15.7. The minimum Gasteiger partial charge on any atom is -0.389 e. The number of hydrogen-bond acceptors (Lipinski definition) is 5. The quantitative estimate of drug-likeness (QED) is 0.618. The molecule has 1 amide bonds. The molecule has 0 radical (unpaired) electrons. The molecule has 2 unspecified atom stereocenters. The summed E-state index contributed by atoms with van der Waals surface area (Å²) < 4.78 is 34.2. The van der Waals surface area contributed by atoms with Crippen LogP contribution in [0.5, 0.6) is 0 Å². The van der Waals surface area contributed by atoms with Gasteiger partial charge in [0, 0.05) is 18.2 Å². The molecule has 3 aromatic rings. The molecule has 30 heavy (non-hydrogen) atoms. The Bertz CT molecular complexity index is 1100. The molecule has 0 spiro atoms. The number of rotatable bonds is 4. The van der Waals surface area contributed by atoms with E-state index in [0.29, 0.717) is 29.3 Å². The molecule has 1 aliphatic rings. The maximum Gasteiger partial charge on any atom is 0.270 e. The van der Waals surface area contributed by atoms with Crippen LogP contribution in [0.3, 0.4) is 0 Å². The predicted octanol–water partition coefficient (Wildman–Crippen LogP) is 3.03. The number of aliphatic hydroxyl groups excluding tert-OH is 1. The first kappa shape index (κ1) is 20.6. The average Bonchev–Trinajstić information content (AvgIpc) is 2.74.